The van der Waals surface area contributed by atoms with Crippen LogP contribution in [0.5, 0.6) is 0 Å². The van der Waals surface area contributed by atoms with Crippen LogP contribution in [0.3, 0.4) is 0 Å². The van der Waals surface area contributed by atoms with Crippen LogP contribution in [0.1, 0.15) is 0 Å². The van der Waals surface area contributed by atoms with Gasteiger partial charge in [0.05, 0.1) is 11.4 Å². The highest BCUT2D eigenvalue weighted by Crippen LogP contribution is 2.48. The van der Waals surface area contributed by atoms with Crippen LogP contribution in [0.15, 0.2) is 267 Å². The highest BCUT2D eigenvalue weighted by atomic mass is 15.2. The van der Waals surface area contributed by atoms with Crippen LogP contribution in [-0.2, 0) is 0 Å². The first-order valence-electron chi connectivity index (χ1n) is 24.5. The van der Waals surface area contributed by atoms with Crippen LogP contribution in [0, 0.1) is 0 Å². The van der Waals surface area contributed by atoms with Gasteiger partial charge in [0.2, 0.25) is 0 Å². The van der Waals surface area contributed by atoms with Crippen molar-refractivity contribution in [3.05, 3.63) is 267 Å². The van der Waals surface area contributed by atoms with E-state index in [1.165, 1.54) is 71.6 Å². The molecule has 3 nitrogen and oxygen atoms in total. The van der Waals surface area contributed by atoms with Crippen LogP contribution in [0.2, 0.25) is 0 Å². The van der Waals surface area contributed by atoms with Crippen molar-refractivity contribution in [3.8, 4) is 55.9 Å². The summed E-state index contributed by atoms with van der Waals surface area (Å²) in [4.78, 5) is 10.4. The van der Waals surface area contributed by atoms with Crippen molar-refractivity contribution in [2.45, 2.75) is 0 Å². The van der Waals surface area contributed by atoms with E-state index in [-0.39, 0.29) is 6.71 Å². The molecule has 0 N–H and O–H groups in total. The van der Waals surface area contributed by atoms with Crippen LogP contribution < -0.4 is 26.2 Å². The molecule has 11 aromatic carbocycles. The molecule has 0 atom stereocenters. The van der Waals surface area contributed by atoms with Crippen LogP contribution in [0.25, 0.3) is 77.4 Å². The first-order chi connectivity index (χ1) is 35.2. The standard InChI is InChI=1S/C67H44BN3/c1-5-17-45(18-6-1)47-29-33-57(34-30-47)70-63-41-53-27-15-13-25-51(53)37-59(63)68-60-38-52-26-14-16-28-54(52)42-64(60)71(58-35-31-48(32-36-58)46-19-7-2-8-20-46)66-44-56(43-65(70)67(66)68)55-39-61(49-21-9-3-10-22-49)69-62(40-55)50-23-11-4-12-24-50/h1-44H. The van der Waals surface area contributed by atoms with E-state index in [9.17, 15) is 0 Å². The fourth-order valence-electron chi connectivity index (χ4n) is 11.2. The average molecular weight is 902 g/mol. The van der Waals surface area contributed by atoms with Crippen molar-refractivity contribution in [1.82, 2.24) is 4.98 Å². The smallest absolute Gasteiger partial charge is 0.252 e. The van der Waals surface area contributed by atoms with E-state index in [4.69, 9.17) is 4.98 Å². The predicted octanol–water partition coefficient (Wildman–Crippen LogP) is 15.8. The molecule has 0 saturated carbocycles. The summed E-state index contributed by atoms with van der Waals surface area (Å²) in [5, 5.41) is 4.88. The number of hydrogen-bond donors (Lipinski definition) is 0. The second kappa shape index (κ2) is 16.8. The SMILES string of the molecule is c1ccc(-c2ccc(N3c4cc5ccccc5cc4B4c5cc6ccccc6cc5N(c5ccc(-c6ccccc6)cc5)c5cc(-c6cc(-c7ccccc7)nc(-c7ccccc7)c6)cc3c54)cc2)cc1. The van der Waals surface area contributed by atoms with Gasteiger partial charge in [-0.3, -0.25) is 0 Å². The molecular formula is C67H44BN3. The van der Waals surface area contributed by atoms with E-state index in [1.54, 1.807) is 0 Å². The summed E-state index contributed by atoms with van der Waals surface area (Å²) in [6.07, 6.45) is 0. The van der Waals surface area contributed by atoms with Gasteiger partial charge in [-0.1, -0.05) is 206 Å². The molecule has 71 heavy (non-hydrogen) atoms. The lowest BCUT2D eigenvalue weighted by atomic mass is 9.33. The van der Waals surface area contributed by atoms with Gasteiger partial charge in [0.15, 0.2) is 0 Å². The van der Waals surface area contributed by atoms with Gasteiger partial charge in [-0.2, -0.15) is 0 Å². The Morgan fingerprint density at radius 3 is 0.972 bits per heavy atom. The molecule has 0 spiro atoms. The minimum Gasteiger partial charge on any atom is -0.311 e. The molecule has 2 aliphatic heterocycles. The Morgan fingerprint density at radius 2 is 0.577 bits per heavy atom. The highest BCUT2D eigenvalue weighted by Gasteiger charge is 2.44. The van der Waals surface area contributed by atoms with Gasteiger partial charge in [-0.25, -0.2) is 4.98 Å². The van der Waals surface area contributed by atoms with Crippen molar-refractivity contribution in [2.24, 2.45) is 0 Å². The Balaban J connectivity index is 1.09. The number of pyridine rings is 1. The number of fused-ring (bicyclic) bond motifs is 6. The van der Waals surface area contributed by atoms with Crippen molar-refractivity contribution >= 4 is 78.8 Å². The topological polar surface area (TPSA) is 19.4 Å². The third kappa shape index (κ3) is 7.03. The molecule has 0 bridgehead atoms. The number of anilines is 6. The molecule has 330 valence electrons. The first-order valence-corrected chi connectivity index (χ1v) is 24.5. The van der Waals surface area contributed by atoms with E-state index < -0.39 is 0 Å². The van der Waals surface area contributed by atoms with Crippen molar-refractivity contribution in [2.75, 3.05) is 9.80 Å². The quantitative estimate of drug-likeness (QED) is 0.149. The number of rotatable bonds is 7. The maximum Gasteiger partial charge on any atom is 0.252 e. The van der Waals surface area contributed by atoms with E-state index in [2.05, 4.69) is 277 Å². The van der Waals surface area contributed by atoms with Crippen molar-refractivity contribution in [3.63, 3.8) is 0 Å². The molecule has 2 aliphatic rings. The maximum absolute atomic E-state index is 5.34. The molecule has 0 unspecified atom stereocenters. The van der Waals surface area contributed by atoms with Crippen LogP contribution in [0.4, 0.5) is 34.1 Å². The van der Waals surface area contributed by atoms with Gasteiger partial charge < -0.3 is 9.80 Å². The summed E-state index contributed by atoms with van der Waals surface area (Å²) < 4.78 is 0. The summed E-state index contributed by atoms with van der Waals surface area (Å²) in [5.41, 5.74) is 21.7. The summed E-state index contributed by atoms with van der Waals surface area (Å²) in [7, 11) is 0. The fourth-order valence-corrected chi connectivity index (χ4v) is 11.2. The molecule has 0 saturated heterocycles. The lowest BCUT2D eigenvalue weighted by Gasteiger charge is -2.44. The molecule has 0 amide bonds. The van der Waals surface area contributed by atoms with Crippen LogP contribution >= 0.6 is 0 Å². The van der Waals surface area contributed by atoms with E-state index >= 15 is 0 Å². The molecule has 12 aromatic rings. The highest BCUT2D eigenvalue weighted by molar-refractivity contribution is 7.00. The lowest BCUT2D eigenvalue weighted by molar-refractivity contribution is 1.26. The van der Waals surface area contributed by atoms with Crippen molar-refractivity contribution in [1.29, 1.82) is 0 Å². The van der Waals surface area contributed by atoms with Gasteiger partial charge in [0.25, 0.3) is 6.71 Å². The van der Waals surface area contributed by atoms with Gasteiger partial charge in [0, 0.05) is 45.3 Å². The Morgan fingerprint density at radius 1 is 0.254 bits per heavy atom. The molecule has 14 rings (SSSR count). The zero-order valence-electron chi connectivity index (χ0n) is 38.8. The predicted molar refractivity (Wildman–Crippen MR) is 300 cm³/mol. The normalized spacial score (nSPS) is 12.4. The van der Waals surface area contributed by atoms with E-state index in [0.29, 0.717) is 0 Å². The Labute approximate surface area is 414 Å². The van der Waals surface area contributed by atoms with E-state index in [1.807, 2.05) is 0 Å². The first kappa shape index (κ1) is 40.8. The molecule has 0 aliphatic carbocycles. The maximum atomic E-state index is 5.34. The zero-order chi connectivity index (χ0) is 46.8. The van der Waals surface area contributed by atoms with Crippen molar-refractivity contribution < 1.29 is 0 Å². The minimum absolute atomic E-state index is 0.0647. The minimum atomic E-state index is -0.0647. The summed E-state index contributed by atoms with van der Waals surface area (Å²) in [6, 6.07) is 97.7. The summed E-state index contributed by atoms with van der Waals surface area (Å²) in [6.45, 7) is -0.0647. The second-order valence-electron chi connectivity index (χ2n) is 18.7. The number of nitrogens with zero attached hydrogens (tertiary/aromatic N) is 3. The van der Waals surface area contributed by atoms with Gasteiger partial charge in [-0.15, -0.1) is 0 Å². The molecule has 4 heteroatoms. The Kier molecular flexibility index (Phi) is 9.63. The lowest BCUT2D eigenvalue weighted by Crippen LogP contribution is -2.61. The molecule has 1 aromatic heterocycles. The fraction of sp³-hybridized carbons (Fsp3) is 0. The second-order valence-corrected chi connectivity index (χ2v) is 18.7. The van der Waals surface area contributed by atoms with Gasteiger partial charge in [-0.05, 0) is 132 Å². The summed E-state index contributed by atoms with van der Waals surface area (Å²) in [5.74, 6) is 0. The van der Waals surface area contributed by atoms with Gasteiger partial charge in [0.1, 0.15) is 0 Å². The molecular weight excluding hydrogens is 858 g/mol. The largest absolute Gasteiger partial charge is 0.311 e. The molecule has 0 radical (unpaired) electrons. The number of benzene rings is 11. The molecule has 0 fully saturated rings. The number of hydrogen-bond acceptors (Lipinski definition) is 3. The van der Waals surface area contributed by atoms with Crippen LogP contribution in [-0.4, -0.2) is 11.7 Å². The van der Waals surface area contributed by atoms with Gasteiger partial charge >= 0.3 is 0 Å². The Bertz CT molecular complexity index is 3720. The molecule has 3 heterocycles. The average Bonchev–Trinajstić information content (AvgIpc) is 3.45. The zero-order valence-corrected chi connectivity index (χ0v) is 38.8. The van der Waals surface area contributed by atoms with E-state index in [0.717, 1.165) is 56.4 Å². The number of aromatic nitrogens is 1. The summed E-state index contributed by atoms with van der Waals surface area (Å²) >= 11 is 0. The Hall–Kier alpha value is -9.25. The monoisotopic (exact) mass is 901 g/mol. The third-order valence-corrected chi connectivity index (χ3v) is 14.6. The third-order valence-electron chi connectivity index (χ3n) is 14.6.